The van der Waals surface area contributed by atoms with Crippen molar-refractivity contribution in [3.05, 3.63) is 65.7 Å². The fraction of sp³-hybridized carbons (Fsp3) is 0.278. The molecular weight excluding hydrogens is 366 g/mol. The Morgan fingerprint density at radius 3 is 2.63 bits per heavy atom. The van der Waals surface area contributed by atoms with Crippen molar-refractivity contribution in [2.45, 2.75) is 23.7 Å². The molecule has 2 unspecified atom stereocenters. The van der Waals surface area contributed by atoms with Crippen molar-refractivity contribution in [2.24, 2.45) is 5.73 Å². The third-order valence-electron chi connectivity index (χ3n) is 4.24. The fourth-order valence-corrected chi connectivity index (χ4v) is 4.25. The van der Waals surface area contributed by atoms with Crippen molar-refractivity contribution >= 4 is 22.5 Å². The molecule has 0 saturated carbocycles. The van der Waals surface area contributed by atoms with Crippen LogP contribution in [-0.4, -0.2) is 39.0 Å². The number of para-hydroxylation sites is 1. The number of rotatable bonds is 7. The Kier molecular flexibility index (Phi) is 6.19. The molecule has 1 aliphatic rings. The van der Waals surface area contributed by atoms with Gasteiger partial charge >= 0.3 is 5.97 Å². The standard InChI is InChI=1S/C18H23N5O3S/c1-22-21-20-18(23(22)15-8-3-2-4-9-15)27(26)12-14-7-5-6-13(10-14)11-16(19)17(24)25/h2-10,16,18,20-21H,11-12,19H2,1H3,(H,24,25)/t16-,18?,27?/m0/s1. The summed E-state index contributed by atoms with van der Waals surface area (Å²) >= 11 is 0. The van der Waals surface area contributed by atoms with Crippen LogP contribution >= 0.6 is 0 Å². The lowest BCUT2D eigenvalue weighted by Gasteiger charge is -2.28. The summed E-state index contributed by atoms with van der Waals surface area (Å²) in [7, 11) is 0.574. The molecule has 0 aromatic heterocycles. The van der Waals surface area contributed by atoms with Crippen LogP contribution in [0.1, 0.15) is 11.1 Å². The zero-order valence-electron chi connectivity index (χ0n) is 14.9. The monoisotopic (exact) mass is 389 g/mol. The summed E-state index contributed by atoms with van der Waals surface area (Å²) in [6.07, 6.45) is 0.234. The normalized spacial score (nSPS) is 19.8. The Hall–Kier alpha value is -2.30. The van der Waals surface area contributed by atoms with Crippen molar-refractivity contribution < 1.29 is 14.1 Å². The van der Waals surface area contributed by atoms with Gasteiger partial charge in [0.2, 0.25) is 0 Å². The number of nitrogens with zero attached hydrogens (tertiary/aromatic N) is 2. The zero-order valence-corrected chi connectivity index (χ0v) is 15.7. The maximum Gasteiger partial charge on any atom is 0.320 e. The molecule has 0 spiro atoms. The van der Waals surface area contributed by atoms with E-state index in [0.29, 0.717) is 5.75 Å². The highest BCUT2D eigenvalue weighted by atomic mass is 32.2. The van der Waals surface area contributed by atoms with Crippen molar-refractivity contribution in [3.63, 3.8) is 0 Å². The van der Waals surface area contributed by atoms with Gasteiger partial charge in [0, 0.05) is 7.05 Å². The lowest BCUT2D eigenvalue weighted by molar-refractivity contribution is -0.138. The van der Waals surface area contributed by atoms with Crippen molar-refractivity contribution in [2.75, 3.05) is 12.1 Å². The van der Waals surface area contributed by atoms with E-state index in [1.54, 1.807) is 5.12 Å². The topological polar surface area (TPSA) is 111 Å². The van der Waals surface area contributed by atoms with Crippen LogP contribution in [0.25, 0.3) is 0 Å². The summed E-state index contributed by atoms with van der Waals surface area (Å²) < 4.78 is 13.0. The first-order chi connectivity index (χ1) is 13.0. The Morgan fingerprint density at radius 2 is 1.93 bits per heavy atom. The molecule has 1 heterocycles. The predicted octanol–water partition coefficient (Wildman–Crippen LogP) is 0.550. The van der Waals surface area contributed by atoms with Crippen LogP contribution in [-0.2, 0) is 27.8 Å². The van der Waals surface area contributed by atoms with Crippen molar-refractivity contribution in [1.29, 1.82) is 0 Å². The number of hydrazine groups is 3. The molecule has 5 N–H and O–H groups in total. The molecule has 1 saturated heterocycles. The highest BCUT2D eigenvalue weighted by Crippen LogP contribution is 2.22. The summed E-state index contributed by atoms with van der Waals surface area (Å²) in [5.74, 6) is -0.709. The van der Waals surface area contributed by atoms with E-state index in [0.717, 1.165) is 16.8 Å². The van der Waals surface area contributed by atoms with Gasteiger partial charge in [0.1, 0.15) is 6.04 Å². The number of aliphatic carboxylic acids is 1. The van der Waals surface area contributed by atoms with Gasteiger partial charge < -0.3 is 10.8 Å². The summed E-state index contributed by atoms with van der Waals surface area (Å²) in [4.78, 5) is 10.9. The van der Waals surface area contributed by atoms with Gasteiger partial charge in [-0.3, -0.25) is 14.0 Å². The third-order valence-corrected chi connectivity index (χ3v) is 5.67. The molecule has 0 amide bonds. The number of hydrogen-bond acceptors (Lipinski definition) is 7. The van der Waals surface area contributed by atoms with Crippen LogP contribution in [0.4, 0.5) is 5.69 Å². The number of benzene rings is 2. The van der Waals surface area contributed by atoms with Gasteiger partial charge in [0.05, 0.1) is 22.2 Å². The number of anilines is 1. The van der Waals surface area contributed by atoms with Gasteiger partial charge in [-0.2, -0.15) is 5.53 Å². The second-order valence-electron chi connectivity index (χ2n) is 6.31. The summed E-state index contributed by atoms with van der Waals surface area (Å²) in [5.41, 5.74) is 13.8. The molecule has 1 aliphatic heterocycles. The second-order valence-corrected chi connectivity index (χ2v) is 7.80. The number of carboxylic acids is 1. The number of nitrogens with two attached hydrogens (primary N) is 1. The third kappa shape index (κ3) is 4.71. The van der Waals surface area contributed by atoms with E-state index in [1.807, 2.05) is 66.7 Å². The van der Waals surface area contributed by atoms with Gasteiger partial charge in [-0.25, -0.2) is 5.43 Å². The Labute approximate surface area is 160 Å². The zero-order chi connectivity index (χ0) is 19.4. The summed E-state index contributed by atoms with van der Waals surface area (Å²) in [5, 5.41) is 12.6. The van der Waals surface area contributed by atoms with Crippen LogP contribution in [0.2, 0.25) is 0 Å². The predicted molar refractivity (Wildman–Crippen MR) is 104 cm³/mol. The van der Waals surface area contributed by atoms with Gasteiger partial charge in [0.15, 0.2) is 5.50 Å². The van der Waals surface area contributed by atoms with Gasteiger partial charge in [0.25, 0.3) is 0 Å². The second kappa shape index (κ2) is 8.59. The average Bonchev–Trinajstić information content (AvgIpc) is 3.04. The van der Waals surface area contributed by atoms with Crippen molar-refractivity contribution in [1.82, 2.24) is 16.1 Å². The fourth-order valence-electron chi connectivity index (χ4n) is 2.92. The molecule has 0 aliphatic carbocycles. The minimum atomic E-state index is -1.26. The molecular formula is C18H23N5O3S. The molecule has 144 valence electrons. The van der Waals surface area contributed by atoms with E-state index < -0.39 is 28.3 Å². The molecule has 0 bridgehead atoms. The van der Waals surface area contributed by atoms with Crippen LogP contribution < -0.4 is 21.7 Å². The van der Waals surface area contributed by atoms with E-state index >= 15 is 0 Å². The van der Waals surface area contributed by atoms with E-state index in [4.69, 9.17) is 10.8 Å². The van der Waals surface area contributed by atoms with Crippen LogP contribution in [0.5, 0.6) is 0 Å². The Balaban J connectivity index is 1.72. The summed E-state index contributed by atoms with van der Waals surface area (Å²) in [6.45, 7) is 0. The first-order valence-electron chi connectivity index (χ1n) is 8.48. The molecule has 1 fully saturated rings. The van der Waals surface area contributed by atoms with Gasteiger partial charge in [-0.15, -0.1) is 5.12 Å². The van der Waals surface area contributed by atoms with E-state index in [9.17, 15) is 9.00 Å². The lowest BCUT2D eigenvalue weighted by Crippen LogP contribution is -2.44. The smallest absolute Gasteiger partial charge is 0.320 e. The van der Waals surface area contributed by atoms with E-state index in [-0.39, 0.29) is 6.42 Å². The van der Waals surface area contributed by atoms with Crippen LogP contribution in [0.3, 0.4) is 0 Å². The quantitative estimate of drug-likeness (QED) is 0.543. The molecule has 0 radical (unpaired) electrons. The highest BCUT2D eigenvalue weighted by molar-refractivity contribution is 7.84. The number of hydrogen-bond donors (Lipinski definition) is 4. The molecule has 2 aromatic carbocycles. The number of carbonyl (C=O) groups is 1. The van der Waals surface area contributed by atoms with Gasteiger partial charge in [-0.05, 0) is 29.7 Å². The SMILES string of the molecule is CN1NNC(S(=O)Cc2cccc(C[C@H](N)C(=O)O)c2)N1c1ccccc1. The molecule has 9 heteroatoms. The maximum absolute atomic E-state index is 13.0. The maximum atomic E-state index is 13.0. The van der Waals surface area contributed by atoms with Crippen LogP contribution in [0, 0.1) is 0 Å². The van der Waals surface area contributed by atoms with Crippen LogP contribution in [0.15, 0.2) is 54.6 Å². The Morgan fingerprint density at radius 1 is 1.22 bits per heavy atom. The Bertz CT molecular complexity index is 820. The lowest BCUT2D eigenvalue weighted by atomic mass is 10.0. The average molecular weight is 389 g/mol. The van der Waals surface area contributed by atoms with E-state index in [2.05, 4.69) is 11.0 Å². The molecule has 3 rings (SSSR count). The van der Waals surface area contributed by atoms with Crippen molar-refractivity contribution in [3.8, 4) is 0 Å². The molecule has 3 atom stereocenters. The molecule has 27 heavy (non-hydrogen) atoms. The first kappa shape index (κ1) is 19.5. The first-order valence-corrected chi connectivity index (χ1v) is 9.86. The van der Waals surface area contributed by atoms with E-state index in [1.165, 1.54) is 0 Å². The molecule has 2 aromatic rings. The number of nitrogens with one attached hydrogen (secondary N) is 2. The van der Waals surface area contributed by atoms with Gasteiger partial charge in [-0.1, -0.05) is 42.5 Å². The minimum Gasteiger partial charge on any atom is -0.480 e. The molecule has 8 nitrogen and oxygen atoms in total. The number of carboxylic acid groups (broad SMARTS) is 1. The summed E-state index contributed by atoms with van der Waals surface area (Å²) in [6, 6.07) is 16.1. The minimum absolute atomic E-state index is 0.234. The highest BCUT2D eigenvalue weighted by Gasteiger charge is 2.33. The largest absolute Gasteiger partial charge is 0.480 e.